The standard InChI is InChI=1S/C15H19N3S.ClH/c1-12-2-3-14(19-12)11-18-9-8-17-10-15(18)13-4-6-16-7-5-13;/h2-7,15,17H,8-11H2,1H3;1H. The monoisotopic (exact) mass is 309 g/mol. The van der Waals surface area contributed by atoms with Gasteiger partial charge in [-0.1, -0.05) is 0 Å². The van der Waals surface area contributed by atoms with Crippen LogP contribution in [0.4, 0.5) is 0 Å². The third-order valence-electron chi connectivity index (χ3n) is 3.60. The average molecular weight is 310 g/mol. The summed E-state index contributed by atoms with van der Waals surface area (Å²) >= 11 is 1.90. The van der Waals surface area contributed by atoms with Crippen molar-refractivity contribution in [3.05, 3.63) is 52.0 Å². The van der Waals surface area contributed by atoms with E-state index in [9.17, 15) is 0 Å². The Balaban J connectivity index is 0.00000147. The number of aryl methyl sites for hydroxylation is 1. The van der Waals surface area contributed by atoms with Crippen LogP contribution < -0.4 is 5.32 Å². The molecule has 0 aromatic carbocycles. The molecule has 2 aromatic heterocycles. The van der Waals surface area contributed by atoms with Crippen molar-refractivity contribution in [1.82, 2.24) is 15.2 Å². The van der Waals surface area contributed by atoms with Crippen LogP contribution in [0.2, 0.25) is 0 Å². The van der Waals surface area contributed by atoms with Gasteiger partial charge in [-0.15, -0.1) is 23.7 Å². The van der Waals surface area contributed by atoms with Crippen LogP contribution in [0.25, 0.3) is 0 Å². The van der Waals surface area contributed by atoms with E-state index in [4.69, 9.17) is 0 Å². The lowest BCUT2D eigenvalue weighted by Gasteiger charge is -2.36. The van der Waals surface area contributed by atoms with Crippen molar-refractivity contribution in [1.29, 1.82) is 0 Å². The van der Waals surface area contributed by atoms with Crippen molar-refractivity contribution >= 4 is 23.7 Å². The van der Waals surface area contributed by atoms with E-state index in [1.807, 2.05) is 23.7 Å². The Hall–Kier alpha value is -0.940. The lowest BCUT2D eigenvalue weighted by atomic mass is 10.0. The smallest absolute Gasteiger partial charge is 0.0478 e. The molecule has 2 aromatic rings. The molecule has 3 rings (SSSR count). The highest BCUT2D eigenvalue weighted by Crippen LogP contribution is 2.26. The van der Waals surface area contributed by atoms with E-state index >= 15 is 0 Å². The highest BCUT2D eigenvalue weighted by molar-refractivity contribution is 7.11. The second-order valence-corrected chi connectivity index (χ2v) is 6.36. The second kappa shape index (κ2) is 7.18. The fourth-order valence-electron chi connectivity index (χ4n) is 2.62. The summed E-state index contributed by atoms with van der Waals surface area (Å²) in [5, 5.41) is 3.50. The van der Waals surface area contributed by atoms with E-state index in [1.165, 1.54) is 15.3 Å². The van der Waals surface area contributed by atoms with Crippen LogP contribution in [0.3, 0.4) is 0 Å². The van der Waals surface area contributed by atoms with Gasteiger partial charge in [-0.2, -0.15) is 0 Å². The van der Waals surface area contributed by atoms with Gasteiger partial charge in [0.1, 0.15) is 0 Å². The zero-order valence-electron chi connectivity index (χ0n) is 11.6. The molecule has 0 aliphatic carbocycles. The molecule has 3 heterocycles. The Morgan fingerprint density at radius 3 is 2.80 bits per heavy atom. The average Bonchev–Trinajstić information content (AvgIpc) is 2.86. The fourth-order valence-corrected chi connectivity index (χ4v) is 3.54. The van der Waals surface area contributed by atoms with Gasteiger partial charge in [0.2, 0.25) is 0 Å². The maximum Gasteiger partial charge on any atom is 0.0478 e. The molecular formula is C15H20ClN3S. The number of aromatic nitrogens is 1. The van der Waals surface area contributed by atoms with E-state index in [2.05, 4.69) is 46.4 Å². The number of nitrogens with zero attached hydrogens (tertiary/aromatic N) is 2. The highest BCUT2D eigenvalue weighted by Gasteiger charge is 2.23. The van der Waals surface area contributed by atoms with Crippen LogP contribution in [0.1, 0.15) is 21.4 Å². The van der Waals surface area contributed by atoms with Gasteiger partial charge >= 0.3 is 0 Å². The number of halogens is 1. The maximum atomic E-state index is 4.12. The largest absolute Gasteiger partial charge is 0.314 e. The number of nitrogens with one attached hydrogen (secondary N) is 1. The second-order valence-electron chi connectivity index (χ2n) is 4.98. The normalized spacial score (nSPS) is 19.6. The number of rotatable bonds is 3. The molecule has 1 saturated heterocycles. The van der Waals surface area contributed by atoms with Gasteiger partial charge in [-0.3, -0.25) is 9.88 Å². The molecule has 1 atom stereocenters. The minimum absolute atomic E-state index is 0. The molecule has 20 heavy (non-hydrogen) atoms. The van der Waals surface area contributed by atoms with Crippen molar-refractivity contribution in [2.24, 2.45) is 0 Å². The van der Waals surface area contributed by atoms with Crippen LogP contribution >= 0.6 is 23.7 Å². The van der Waals surface area contributed by atoms with Crippen molar-refractivity contribution in [3.63, 3.8) is 0 Å². The van der Waals surface area contributed by atoms with Gasteiger partial charge in [0.25, 0.3) is 0 Å². The first-order valence-electron chi connectivity index (χ1n) is 6.73. The Bertz CT molecular complexity index is 529. The van der Waals surface area contributed by atoms with Crippen molar-refractivity contribution in [2.75, 3.05) is 19.6 Å². The summed E-state index contributed by atoms with van der Waals surface area (Å²) in [7, 11) is 0. The summed E-state index contributed by atoms with van der Waals surface area (Å²) < 4.78 is 0. The zero-order chi connectivity index (χ0) is 13.1. The zero-order valence-corrected chi connectivity index (χ0v) is 13.2. The predicted molar refractivity (Wildman–Crippen MR) is 86.6 cm³/mol. The molecular weight excluding hydrogens is 290 g/mol. The number of hydrogen-bond acceptors (Lipinski definition) is 4. The summed E-state index contributed by atoms with van der Waals surface area (Å²) in [6.07, 6.45) is 3.77. The Morgan fingerprint density at radius 2 is 2.10 bits per heavy atom. The topological polar surface area (TPSA) is 28.2 Å². The van der Waals surface area contributed by atoms with E-state index in [0.717, 1.165) is 26.2 Å². The molecule has 0 bridgehead atoms. The molecule has 1 unspecified atom stereocenters. The summed E-state index contributed by atoms with van der Waals surface area (Å²) in [6, 6.07) is 9.18. The Labute approximate surface area is 130 Å². The summed E-state index contributed by atoms with van der Waals surface area (Å²) in [4.78, 5) is 9.53. The summed E-state index contributed by atoms with van der Waals surface area (Å²) in [5.74, 6) is 0. The van der Waals surface area contributed by atoms with E-state index in [-0.39, 0.29) is 12.4 Å². The summed E-state index contributed by atoms with van der Waals surface area (Å²) in [5.41, 5.74) is 1.36. The molecule has 1 aliphatic heterocycles. The van der Waals surface area contributed by atoms with Gasteiger partial charge in [0.05, 0.1) is 0 Å². The number of piperazine rings is 1. The maximum absolute atomic E-state index is 4.12. The van der Waals surface area contributed by atoms with Crippen LogP contribution in [0, 0.1) is 6.92 Å². The van der Waals surface area contributed by atoms with Crippen molar-refractivity contribution in [2.45, 2.75) is 19.5 Å². The van der Waals surface area contributed by atoms with Gasteiger partial charge in [0, 0.05) is 54.4 Å². The van der Waals surface area contributed by atoms with Gasteiger partial charge in [0.15, 0.2) is 0 Å². The molecule has 0 radical (unpaired) electrons. The minimum Gasteiger partial charge on any atom is -0.314 e. The van der Waals surface area contributed by atoms with Gasteiger partial charge < -0.3 is 5.32 Å². The van der Waals surface area contributed by atoms with Crippen molar-refractivity contribution in [3.8, 4) is 0 Å². The molecule has 1 N–H and O–H groups in total. The molecule has 5 heteroatoms. The lowest BCUT2D eigenvalue weighted by Crippen LogP contribution is -2.45. The quantitative estimate of drug-likeness (QED) is 0.944. The third kappa shape index (κ3) is 3.58. The minimum atomic E-state index is 0. The summed E-state index contributed by atoms with van der Waals surface area (Å²) in [6.45, 7) is 6.42. The Kier molecular flexibility index (Phi) is 5.54. The SMILES string of the molecule is Cc1ccc(CN2CCNCC2c2ccncc2)s1.Cl. The van der Waals surface area contributed by atoms with E-state index in [1.54, 1.807) is 0 Å². The molecule has 3 nitrogen and oxygen atoms in total. The predicted octanol–water partition coefficient (Wildman–Crippen LogP) is 3.02. The molecule has 1 aliphatic rings. The van der Waals surface area contributed by atoms with Crippen LogP contribution in [-0.2, 0) is 6.54 Å². The van der Waals surface area contributed by atoms with E-state index in [0.29, 0.717) is 6.04 Å². The first-order valence-corrected chi connectivity index (χ1v) is 7.54. The molecule has 0 amide bonds. The third-order valence-corrected chi connectivity index (χ3v) is 4.59. The highest BCUT2D eigenvalue weighted by atomic mass is 35.5. The number of thiophene rings is 1. The molecule has 0 saturated carbocycles. The molecule has 108 valence electrons. The van der Waals surface area contributed by atoms with Crippen molar-refractivity contribution < 1.29 is 0 Å². The van der Waals surface area contributed by atoms with E-state index < -0.39 is 0 Å². The van der Waals surface area contributed by atoms with Crippen LogP contribution in [0.5, 0.6) is 0 Å². The number of pyridine rings is 1. The van der Waals surface area contributed by atoms with Crippen LogP contribution in [-0.4, -0.2) is 29.5 Å². The Morgan fingerprint density at radius 1 is 1.30 bits per heavy atom. The van der Waals surface area contributed by atoms with Gasteiger partial charge in [-0.05, 0) is 36.8 Å². The van der Waals surface area contributed by atoms with Gasteiger partial charge in [-0.25, -0.2) is 0 Å². The fraction of sp³-hybridized carbons (Fsp3) is 0.400. The first-order chi connectivity index (χ1) is 9.33. The lowest BCUT2D eigenvalue weighted by molar-refractivity contribution is 0.155. The van der Waals surface area contributed by atoms with Crippen LogP contribution in [0.15, 0.2) is 36.7 Å². The first kappa shape index (κ1) is 15.4. The molecule has 1 fully saturated rings. The molecule has 0 spiro atoms. The number of hydrogen-bond donors (Lipinski definition) is 1.